The summed E-state index contributed by atoms with van der Waals surface area (Å²) in [5.74, 6) is -2.48. The number of aliphatic imine (C=N–C) groups is 1. The van der Waals surface area contributed by atoms with Crippen LogP contribution in [-0.2, 0) is 41.7 Å². The quantitative estimate of drug-likeness (QED) is 0.338. The molecule has 6 rings (SSSR count). The maximum Gasteiger partial charge on any atom is 0.437 e. The van der Waals surface area contributed by atoms with Crippen LogP contribution in [0.5, 0.6) is 11.5 Å². The first-order chi connectivity index (χ1) is 22.9. The standard InChI is InChI=1S/C32H38F3N5O8S/c1-17(2)47-19(4)36-15-25(41)39-16-30(14-24(39)28(42)38-31(13-18(31)3)29(43)40-10-11-49(40,44)45)9-8-21-22-12-20(46-5)6-7-23(22)37-27(26(21)48-30)32(33,34)35/h6-7,12,17-18,24H,8-11,13-16H2,1-5H3,(H,38,42). The molecule has 3 aliphatic heterocycles. The number of nitrogens with one attached hydrogen (secondary N) is 1. The van der Waals surface area contributed by atoms with Crippen molar-refractivity contribution in [2.75, 3.05) is 32.5 Å². The van der Waals surface area contributed by atoms with Gasteiger partial charge in [0.05, 0.1) is 37.6 Å². The van der Waals surface area contributed by atoms with Gasteiger partial charge in [-0.2, -0.15) is 13.2 Å². The van der Waals surface area contributed by atoms with E-state index in [9.17, 15) is 36.0 Å². The first-order valence-electron chi connectivity index (χ1n) is 16.0. The molecule has 3 fully saturated rings. The molecule has 49 heavy (non-hydrogen) atoms. The predicted molar refractivity (Wildman–Crippen MR) is 169 cm³/mol. The molecule has 4 unspecified atom stereocenters. The number of carbonyl (C=O) groups is 3. The lowest BCUT2D eigenvalue weighted by atomic mass is 9.87. The van der Waals surface area contributed by atoms with Crippen molar-refractivity contribution < 1.29 is 50.2 Å². The molecule has 0 bridgehead atoms. The zero-order valence-electron chi connectivity index (χ0n) is 27.7. The normalized spacial score (nSPS) is 27.4. The highest BCUT2D eigenvalue weighted by atomic mass is 32.2. The summed E-state index contributed by atoms with van der Waals surface area (Å²) in [6, 6.07) is 3.29. The number of rotatable bonds is 7. The molecule has 1 saturated carbocycles. The number of aromatic nitrogens is 1. The number of fused-ring (bicyclic) bond motifs is 3. The minimum Gasteiger partial charge on any atom is -0.497 e. The van der Waals surface area contributed by atoms with Gasteiger partial charge >= 0.3 is 6.18 Å². The van der Waals surface area contributed by atoms with Gasteiger partial charge in [-0.15, -0.1) is 0 Å². The topological polar surface area (TPSA) is 157 Å². The SMILES string of the molecule is COc1ccc2nc(C(F)(F)F)c3c(c2c1)CCC1(CC(C(=O)NC2(C(=O)N4CCS4(=O)=O)CC2C)N(C(=O)CN=C(C)OC(C)C)C1)O3. The number of alkyl halides is 3. The molecule has 17 heteroatoms. The highest BCUT2D eigenvalue weighted by molar-refractivity contribution is 7.90. The number of hydrogen-bond donors (Lipinski definition) is 1. The number of ether oxygens (including phenoxy) is 3. The van der Waals surface area contributed by atoms with E-state index in [0.29, 0.717) is 11.1 Å². The Morgan fingerprint density at radius 2 is 1.94 bits per heavy atom. The van der Waals surface area contributed by atoms with Crippen LogP contribution in [0.25, 0.3) is 10.9 Å². The van der Waals surface area contributed by atoms with E-state index >= 15 is 0 Å². The summed E-state index contributed by atoms with van der Waals surface area (Å²) < 4.78 is 85.7. The predicted octanol–water partition coefficient (Wildman–Crippen LogP) is 2.84. The van der Waals surface area contributed by atoms with E-state index in [2.05, 4.69) is 15.3 Å². The minimum absolute atomic E-state index is 0.00183. The van der Waals surface area contributed by atoms with Crippen LogP contribution in [0.1, 0.15) is 58.2 Å². The third kappa shape index (κ3) is 6.25. The van der Waals surface area contributed by atoms with E-state index < -0.39 is 69.1 Å². The molecular weight excluding hydrogens is 671 g/mol. The number of likely N-dealkylation sites (tertiary alicyclic amines) is 1. The van der Waals surface area contributed by atoms with Crippen LogP contribution < -0.4 is 14.8 Å². The average molecular weight is 710 g/mol. The highest BCUT2D eigenvalue weighted by Crippen LogP contribution is 2.50. The van der Waals surface area contributed by atoms with Crippen LogP contribution in [-0.4, -0.2) is 102 Å². The molecular formula is C32H38F3N5O8S. The van der Waals surface area contributed by atoms with Gasteiger partial charge in [-0.05, 0) is 57.2 Å². The molecule has 4 aliphatic rings. The van der Waals surface area contributed by atoms with Gasteiger partial charge in [0.2, 0.25) is 21.8 Å². The molecule has 2 saturated heterocycles. The molecule has 0 radical (unpaired) electrons. The first-order valence-corrected chi connectivity index (χ1v) is 17.6. The number of nitrogens with zero attached hydrogens (tertiary/aromatic N) is 4. The van der Waals surface area contributed by atoms with Gasteiger partial charge in [0.15, 0.2) is 17.3 Å². The molecule has 1 aliphatic carbocycles. The van der Waals surface area contributed by atoms with Gasteiger partial charge < -0.3 is 24.4 Å². The monoisotopic (exact) mass is 709 g/mol. The minimum atomic E-state index is -4.88. The van der Waals surface area contributed by atoms with E-state index in [0.717, 1.165) is 4.31 Å². The number of methoxy groups -OCH3 is 1. The molecule has 266 valence electrons. The second-order valence-corrected chi connectivity index (χ2v) is 15.4. The molecule has 4 heterocycles. The van der Waals surface area contributed by atoms with Crippen molar-refractivity contribution in [3.05, 3.63) is 29.5 Å². The summed E-state index contributed by atoms with van der Waals surface area (Å²) >= 11 is 0. The molecule has 1 aromatic heterocycles. The average Bonchev–Trinajstić information content (AvgIpc) is 3.53. The fourth-order valence-electron chi connectivity index (χ4n) is 6.97. The number of pyridine rings is 1. The first kappa shape index (κ1) is 34.7. The number of aryl methyl sites for hydroxylation is 1. The van der Waals surface area contributed by atoms with Crippen LogP contribution in [0.2, 0.25) is 0 Å². The van der Waals surface area contributed by atoms with Gasteiger partial charge in [-0.3, -0.25) is 14.4 Å². The Balaban J connectivity index is 1.34. The van der Waals surface area contributed by atoms with Gasteiger partial charge in [-0.25, -0.2) is 22.7 Å². The summed E-state index contributed by atoms with van der Waals surface area (Å²) in [6.07, 6.45) is -4.81. The number of sulfonamides is 1. The van der Waals surface area contributed by atoms with Crippen LogP contribution in [0.3, 0.4) is 0 Å². The summed E-state index contributed by atoms with van der Waals surface area (Å²) in [5, 5.41) is 3.15. The van der Waals surface area contributed by atoms with Crippen LogP contribution >= 0.6 is 0 Å². The third-order valence-corrected chi connectivity index (χ3v) is 11.4. The Morgan fingerprint density at radius 1 is 1.22 bits per heavy atom. The van der Waals surface area contributed by atoms with Crippen molar-refractivity contribution in [2.45, 2.75) is 82.8 Å². The number of hydrogen-bond acceptors (Lipinski definition) is 10. The summed E-state index contributed by atoms with van der Waals surface area (Å²) in [7, 11) is -2.32. The van der Waals surface area contributed by atoms with Crippen molar-refractivity contribution in [1.82, 2.24) is 19.5 Å². The second-order valence-electron chi connectivity index (χ2n) is 13.4. The number of amides is 3. The zero-order valence-corrected chi connectivity index (χ0v) is 28.5. The molecule has 3 amide bonds. The Bertz CT molecular complexity index is 1870. The van der Waals surface area contributed by atoms with Gasteiger partial charge in [0.25, 0.3) is 5.91 Å². The lowest BCUT2D eigenvalue weighted by Gasteiger charge is -2.37. The summed E-state index contributed by atoms with van der Waals surface area (Å²) in [6.45, 7) is 6.18. The maximum absolute atomic E-state index is 14.5. The fraction of sp³-hybridized carbons (Fsp3) is 0.594. The van der Waals surface area contributed by atoms with E-state index in [1.165, 1.54) is 24.1 Å². The zero-order chi connectivity index (χ0) is 35.7. The van der Waals surface area contributed by atoms with E-state index in [-0.39, 0.29) is 73.5 Å². The van der Waals surface area contributed by atoms with Crippen LogP contribution in [0.4, 0.5) is 13.2 Å². The molecule has 1 N–H and O–H groups in total. The van der Waals surface area contributed by atoms with Crippen molar-refractivity contribution in [2.24, 2.45) is 10.9 Å². The Morgan fingerprint density at radius 3 is 2.51 bits per heavy atom. The van der Waals surface area contributed by atoms with Gasteiger partial charge in [-0.1, -0.05) is 6.92 Å². The Kier molecular flexibility index (Phi) is 8.51. The van der Waals surface area contributed by atoms with Crippen LogP contribution in [0, 0.1) is 5.92 Å². The highest BCUT2D eigenvalue weighted by Gasteiger charge is 2.64. The summed E-state index contributed by atoms with van der Waals surface area (Å²) in [5.41, 5.74) is -3.73. The van der Waals surface area contributed by atoms with Crippen molar-refractivity contribution >= 4 is 44.5 Å². The molecule has 4 atom stereocenters. The molecule has 1 aromatic carbocycles. The van der Waals surface area contributed by atoms with Crippen molar-refractivity contribution in [3.8, 4) is 11.5 Å². The number of carbonyl (C=O) groups excluding carboxylic acids is 3. The van der Waals surface area contributed by atoms with E-state index in [1.54, 1.807) is 33.8 Å². The van der Waals surface area contributed by atoms with Crippen molar-refractivity contribution in [3.63, 3.8) is 0 Å². The van der Waals surface area contributed by atoms with E-state index in [1.807, 2.05) is 0 Å². The molecule has 1 spiro atoms. The maximum atomic E-state index is 14.5. The summed E-state index contributed by atoms with van der Waals surface area (Å²) in [4.78, 5) is 50.4. The van der Waals surface area contributed by atoms with E-state index in [4.69, 9.17) is 14.2 Å². The molecule has 13 nitrogen and oxygen atoms in total. The smallest absolute Gasteiger partial charge is 0.437 e. The van der Waals surface area contributed by atoms with Crippen molar-refractivity contribution in [1.29, 1.82) is 0 Å². The lowest BCUT2D eigenvalue weighted by molar-refractivity contribution is -0.144. The van der Waals surface area contributed by atoms with Gasteiger partial charge in [0.1, 0.15) is 29.5 Å². The molecule has 2 aromatic rings. The Labute approximate surface area is 281 Å². The van der Waals surface area contributed by atoms with Gasteiger partial charge in [0, 0.05) is 24.3 Å². The fourth-order valence-corrected chi connectivity index (χ4v) is 8.05. The number of halogens is 3. The van der Waals surface area contributed by atoms with Crippen LogP contribution in [0.15, 0.2) is 23.2 Å². The largest absolute Gasteiger partial charge is 0.497 e. The Hall–Kier alpha value is -4.15. The third-order valence-electron chi connectivity index (χ3n) is 9.69. The lowest BCUT2D eigenvalue weighted by Crippen LogP contribution is -2.61. The number of benzene rings is 1. The second kappa shape index (κ2) is 12.0.